The first-order valence-corrected chi connectivity index (χ1v) is 16.0. The molecule has 1 saturated heterocycles. The summed E-state index contributed by atoms with van der Waals surface area (Å²) in [4.78, 5) is 51.6. The Morgan fingerprint density at radius 1 is 1.12 bits per heavy atom. The van der Waals surface area contributed by atoms with Crippen LogP contribution in [0.2, 0.25) is 0 Å². The highest BCUT2D eigenvalue weighted by Crippen LogP contribution is 2.53. The fraction of sp³-hybridized carbons (Fsp3) is 0.676. The number of rotatable bonds is 4. The molecule has 0 N–H and O–H groups in total. The van der Waals surface area contributed by atoms with Crippen molar-refractivity contribution in [1.29, 1.82) is 0 Å². The second-order valence-corrected chi connectivity index (χ2v) is 13.7. The average molecular weight is 594 g/mol. The summed E-state index contributed by atoms with van der Waals surface area (Å²) in [5.74, 6) is 0.0955. The summed E-state index contributed by atoms with van der Waals surface area (Å²) in [6.45, 7) is 10.2. The second-order valence-electron chi connectivity index (χ2n) is 13.7. The predicted molar refractivity (Wildman–Crippen MR) is 163 cm³/mol. The Balaban J connectivity index is 1.53. The third kappa shape index (κ3) is 6.36. The molecule has 43 heavy (non-hydrogen) atoms. The molecule has 9 nitrogen and oxygen atoms in total. The Morgan fingerprint density at radius 3 is 2.58 bits per heavy atom. The molecule has 3 aliphatic rings. The van der Waals surface area contributed by atoms with Gasteiger partial charge in [0, 0.05) is 17.9 Å². The number of amides is 1. The van der Waals surface area contributed by atoms with Gasteiger partial charge in [-0.1, -0.05) is 47.5 Å². The maximum absolute atomic E-state index is 14.2. The Bertz CT molecular complexity index is 1360. The molecule has 9 heteroatoms. The van der Waals surface area contributed by atoms with Crippen LogP contribution < -0.4 is 9.47 Å². The van der Waals surface area contributed by atoms with Crippen LogP contribution in [0.4, 0.5) is 0 Å². The van der Waals surface area contributed by atoms with Crippen LogP contribution in [0.25, 0.3) is 11.0 Å². The number of nitrogens with zero attached hydrogens (tertiary/aromatic N) is 3. The largest absolute Gasteiger partial charge is 0.497 e. The van der Waals surface area contributed by atoms with Gasteiger partial charge in [0.15, 0.2) is 0 Å². The number of aryl methyl sites for hydroxylation is 1. The maximum Gasteiger partial charge on any atom is 0.307 e. The molecule has 2 aliphatic heterocycles. The number of carbonyl (C=O) groups is 3. The minimum absolute atomic E-state index is 0.0106. The normalized spacial score (nSPS) is 30.4. The van der Waals surface area contributed by atoms with E-state index in [-0.39, 0.29) is 30.8 Å². The molecule has 1 aliphatic carbocycles. The number of carbonyl (C=O) groups excluding carboxylic acids is 3. The van der Waals surface area contributed by atoms with Crippen molar-refractivity contribution in [3.63, 3.8) is 0 Å². The Kier molecular flexibility index (Phi) is 9.00. The average Bonchev–Trinajstić information content (AvgIpc) is 3.54. The van der Waals surface area contributed by atoms with E-state index in [1.807, 2.05) is 45.9 Å². The van der Waals surface area contributed by atoms with Gasteiger partial charge in [0.1, 0.15) is 29.4 Å². The molecule has 5 rings (SSSR count). The Hall–Kier alpha value is -3.23. The number of fused-ring (bicyclic) bond motifs is 5. The molecule has 1 saturated carbocycles. The summed E-state index contributed by atoms with van der Waals surface area (Å²) in [5.41, 5.74) is 1.30. The van der Waals surface area contributed by atoms with E-state index in [4.69, 9.17) is 24.2 Å². The summed E-state index contributed by atoms with van der Waals surface area (Å²) in [7, 11) is 1.62. The zero-order valence-corrected chi connectivity index (χ0v) is 26.6. The van der Waals surface area contributed by atoms with Crippen LogP contribution in [0.15, 0.2) is 18.2 Å². The van der Waals surface area contributed by atoms with Crippen molar-refractivity contribution in [2.75, 3.05) is 13.7 Å². The highest BCUT2D eigenvalue weighted by atomic mass is 16.6. The lowest BCUT2D eigenvalue weighted by Crippen LogP contribution is -2.46. The first-order chi connectivity index (χ1) is 20.5. The summed E-state index contributed by atoms with van der Waals surface area (Å²) in [5, 5.41) is 0. The summed E-state index contributed by atoms with van der Waals surface area (Å²) in [6.07, 6.45) is 7.39. The van der Waals surface area contributed by atoms with Crippen molar-refractivity contribution in [2.24, 2.45) is 23.2 Å². The molecule has 0 spiro atoms. The lowest BCUT2D eigenvalue weighted by atomic mass is 9.77. The van der Waals surface area contributed by atoms with E-state index in [0.29, 0.717) is 35.9 Å². The van der Waals surface area contributed by atoms with Crippen LogP contribution in [0.5, 0.6) is 11.6 Å². The van der Waals surface area contributed by atoms with Crippen LogP contribution in [0, 0.1) is 23.2 Å². The van der Waals surface area contributed by atoms with Crippen molar-refractivity contribution in [2.45, 2.75) is 110 Å². The number of ether oxygens (including phenoxy) is 3. The lowest BCUT2D eigenvalue weighted by molar-refractivity contribution is -0.159. The van der Waals surface area contributed by atoms with Gasteiger partial charge in [0.2, 0.25) is 11.8 Å². The molecular formula is C34H47N3O6. The van der Waals surface area contributed by atoms with Gasteiger partial charge in [-0.15, -0.1) is 0 Å². The van der Waals surface area contributed by atoms with Crippen LogP contribution in [0.1, 0.15) is 91.7 Å². The van der Waals surface area contributed by atoms with Gasteiger partial charge in [-0.05, 0) is 56.1 Å². The Labute approximate surface area is 255 Å². The van der Waals surface area contributed by atoms with Gasteiger partial charge in [-0.3, -0.25) is 9.59 Å². The zero-order valence-electron chi connectivity index (χ0n) is 26.6. The van der Waals surface area contributed by atoms with Gasteiger partial charge in [0.05, 0.1) is 43.1 Å². The number of methoxy groups -OCH3 is 1. The molecule has 2 aromatic rings. The van der Waals surface area contributed by atoms with Crippen LogP contribution >= 0.6 is 0 Å². The van der Waals surface area contributed by atoms with Gasteiger partial charge in [-0.2, -0.15) is 0 Å². The van der Waals surface area contributed by atoms with Crippen LogP contribution in [-0.2, 0) is 25.5 Å². The molecule has 2 fully saturated rings. The smallest absolute Gasteiger partial charge is 0.307 e. The number of esters is 1. The monoisotopic (exact) mass is 593 g/mol. The van der Waals surface area contributed by atoms with Crippen molar-refractivity contribution in [1.82, 2.24) is 14.9 Å². The van der Waals surface area contributed by atoms with Gasteiger partial charge in [-0.25, -0.2) is 9.97 Å². The van der Waals surface area contributed by atoms with Crippen LogP contribution in [-0.4, -0.2) is 64.4 Å². The zero-order chi connectivity index (χ0) is 30.9. The van der Waals surface area contributed by atoms with Crippen LogP contribution in [0.3, 0.4) is 0 Å². The number of benzene rings is 1. The molecule has 1 aromatic heterocycles. The van der Waals surface area contributed by atoms with Crippen molar-refractivity contribution in [3.05, 3.63) is 23.9 Å². The van der Waals surface area contributed by atoms with E-state index in [9.17, 15) is 14.4 Å². The number of aromatic nitrogens is 2. The highest BCUT2D eigenvalue weighted by Gasteiger charge is 2.56. The summed E-state index contributed by atoms with van der Waals surface area (Å²) < 4.78 is 18.2. The first kappa shape index (κ1) is 31.2. The molecule has 3 heterocycles. The molecule has 0 unspecified atom stereocenters. The van der Waals surface area contributed by atoms with Crippen molar-refractivity contribution in [3.8, 4) is 11.6 Å². The SMILES string of the molecule is CC[C@@H]1[C@@H]2CN(C(=O)[C@H](C(C)(C)C)CC(=O)O[C@]3(CC)C[C@H]3CCCCCc3nc4ccc(OC)cc4nc3O2)[C@@H]1C=O. The third-order valence-electron chi connectivity index (χ3n) is 9.99. The lowest BCUT2D eigenvalue weighted by Gasteiger charge is -2.34. The van der Waals surface area contributed by atoms with Gasteiger partial charge < -0.3 is 23.9 Å². The maximum atomic E-state index is 14.2. The topological polar surface area (TPSA) is 108 Å². The number of hydrogen-bond acceptors (Lipinski definition) is 8. The van der Waals surface area contributed by atoms with E-state index in [1.165, 1.54) is 0 Å². The van der Waals surface area contributed by atoms with E-state index in [2.05, 4.69) is 6.92 Å². The summed E-state index contributed by atoms with van der Waals surface area (Å²) in [6, 6.07) is 4.97. The van der Waals surface area contributed by atoms with E-state index in [1.54, 1.807) is 12.0 Å². The molecule has 234 valence electrons. The van der Waals surface area contributed by atoms with Gasteiger partial charge >= 0.3 is 5.97 Å². The minimum Gasteiger partial charge on any atom is -0.497 e. The van der Waals surface area contributed by atoms with Crippen molar-refractivity contribution >= 4 is 29.2 Å². The second kappa shape index (κ2) is 12.4. The van der Waals surface area contributed by atoms with Crippen molar-refractivity contribution < 1.29 is 28.6 Å². The standard InChI is InChI=1S/C34H47N3O6/c1-7-23-28(20-38)37-19-29(23)42-31-26(35-25-15-14-22(41-6)16-27(25)36-31)13-11-9-10-12-21-18-34(21,8-2)43-30(39)17-24(32(37)40)33(3,4)5/h14-16,20-21,23-24,28-29H,7-13,17-19H2,1-6H3/t21-,23+,24-,28-,29+,34-/m1/s1. The van der Waals surface area contributed by atoms with E-state index in [0.717, 1.165) is 56.0 Å². The van der Waals surface area contributed by atoms with E-state index < -0.39 is 29.1 Å². The highest BCUT2D eigenvalue weighted by molar-refractivity contribution is 5.87. The first-order valence-electron chi connectivity index (χ1n) is 16.0. The number of hydrogen-bond donors (Lipinski definition) is 0. The quantitative estimate of drug-likeness (QED) is 0.328. The molecule has 6 atom stereocenters. The fourth-order valence-electron chi connectivity index (χ4n) is 7.14. The molecule has 1 aromatic carbocycles. The van der Waals surface area contributed by atoms with Gasteiger partial charge in [0.25, 0.3) is 0 Å². The molecule has 1 amide bonds. The predicted octanol–water partition coefficient (Wildman–Crippen LogP) is 5.70. The minimum atomic E-state index is -0.655. The Morgan fingerprint density at radius 2 is 1.91 bits per heavy atom. The molecular weight excluding hydrogens is 546 g/mol. The van der Waals surface area contributed by atoms with E-state index >= 15 is 0 Å². The fourth-order valence-corrected chi connectivity index (χ4v) is 7.14. The molecule has 2 bridgehead atoms. The molecule has 0 radical (unpaired) electrons. The summed E-state index contributed by atoms with van der Waals surface area (Å²) >= 11 is 0. The number of aldehydes is 1. The third-order valence-corrected chi connectivity index (χ3v) is 9.99.